The maximum absolute atomic E-state index is 13.3. The normalized spacial score (nSPS) is 13.5. The van der Waals surface area contributed by atoms with Crippen LogP contribution in [0.25, 0.3) is 0 Å². The number of nitro benzene ring substituents is 1. The summed E-state index contributed by atoms with van der Waals surface area (Å²) in [6.45, 7) is 1.67. The molecule has 1 fully saturated rings. The van der Waals surface area contributed by atoms with Gasteiger partial charge in [0.1, 0.15) is 11.5 Å². The molecule has 0 radical (unpaired) electrons. The maximum atomic E-state index is 13.3. The molecule has 2 aromatic carbocycles. The van der Waals surface area contributed by atoms with Crippen molar-refractivity contribution in [3.63, 3.8) is 0 Å². The van der Waals surface area contributed by atoms with Crippen LogP contribution in [0, 0.1) is 17.0 Å². The highest BCUT2D eigenvalue weighted by atomic mass is 79.9. The van der Waals surface area contributed by atoms with Crippen molar-refractivity contribution in [1.82, 2.24) is 9.78 Å². The molecule has 0 aliphatic heterocycles. The summed E-state index contributed by atoms with van der Waals surface area (Å²) < 4.78 is 46.8. The van der Waals surface area contributed by atoms with E-state index in [0.29, 0.717) is 22.0 Å². The van der Waals surface area contributed by atoms with E-state index in [1.54, 1.807) is 25.1 Å². The van der Waals surface area contributed by atoms with Crippen LogP contribution in [0.3, 0.4) is 0 Å². The molecule has 0 atom stereocenters. The lowest BCUT2D eigenvalue weighted by Crippen LogP contribution is -2.16. The number of halogens is 5. The smallest absolute Gasteiger partial charge is 0.436 e. The summed E-state index contributed by atoms with van der Waals surface area (Å²) in [7, 11) is 0. The first kappa shape index (κ1) is 26.0. The predicted octanol–water partition coefficient (Wildman–Crippen LogP) is 7.23. The molecule has 1 aromatic heterocycles. The molecule has 1 aliphatic rings. The molecule has 1 heterocycles. The van der Waals surface area contributed by atoms with E-state index in [9.17, 15) is 28.1 Å². The van der Waals surface area contributed by atoms with E-state index in [1.165, 1.54) is 22.9 Å². The van der Waals surface area contributed by atoms with Gasteiger partial charge in [-0.3, -0.25) is 19.6 Å². The third-order valence-corrected chi connectivity index (χ3v) is 6.48. The lowest BCUT2D eigenvalue weighted by Gasteiger charge is -2.12. The second-order valence-electron chi connectivity index (χ2n) is 8.33. The van der Waals surface area contributed by atoms with Gasteiger partial charge in [-0.05, 0) is 59.5 Å². The number of anilines is 1. The number of rotatable bonds is 8. The van der Waals surface area contributed by atoms with Crippen molar-refractivity contribution in [3.8, 4) is 11.5 Å². The minimum Gasteiger partial charge on any atom is -0.457 e. The van der Waals surface area contributed by atoms with Crippen LogP contribution in [0.1, 0.15) is 42.1 Å². The molecule has 4 rings (SSSR count). The zero-order valence-electron chi connectivity index (χ0n) is 18.7. The van der Waals surface area contributed by atoms with E-state index < -0.39 is 22.7 Å². The Morgan fingerprint density at radius 2 is 2.03 bits per heavy atom. The third kappa shape index (κ3) is 5.98. The number of benzene rings is 2. The number of hydrogen-bond donors (Lipinski definition) is 1. The Morgan fingerprint density at radius 3 is 2.64 bits per heavy atom. The Bertz CT molecular complexity index is 1340. The fraction of sp³-hybridized carbons (Fsp3) is 0.304. The first-order valence-corrected chi connectivity index (χ1v) is 12.0. The molecule has 1 N–H and O–H groups in total. The molecule has 1 aliphatic carbocycles. The molecular weight excluding hydrogens is 569 g/mol. The van der Waals surface area contributed by atoms with E-state index in [0.717, 1.165) is 12.8 Å². The number of nitrogens with one attached hydrogen (secondary N) is 1. The van der Waals surface area contributed by atoms with E-state index in [-0.39, 0.29) is 40.5 Å². The average Bonchev–Trinajstić information content (AvgIpc) is 3.55. The summed E-state index contributed by atoms with van der Waals surface area (Å²) >= 11 is 8.96. The number of nitro groups is 1. The molecule has 13 heteroatoms. The maximum Gasteiger partial charge on any atom is 0.436 e. The highest BCUT2D eigenvalue weighted by molar-refractivity contribution is 9.10. The standard InChI is InChI=1S/C23H19BrClF3N4O4/c1-12-8-14(25)4-5-18(12)36-17-10-15(9-16(11-17)32(34)35)29-19(33)6-7-31-21(13-2-3-13)20(24)22(30-31)23(26,27)28/h4-5,8-11,13H,2-3,6-7H2,1H3,(H,29,33). The first-order valence-electron chi connectivity index (χ1n) is 10.8. The number of amides is 1. The minimum atomic E-state index is -4.63. The van der Waals surface area contributed by atoms with Gasteiger partial charge in [-0.25, -0.2) is 0 Å². The summed E-state index contributed by atoms with van der Waals surface area (Å²) in [4.78, 5) is 23.4. The Kier molecular flexibility index (Phi) is 7.28. The lowest BCUT2D eigenvalue weighted by molar-refractivity contribution is -0.384. The SMILES string of the molecule is Cc1cc(Cl)ccc1Oc1cc(NC(=O)CCn2nc(C(F)(F)F)c(Br)c2C2CC2)cc([N+](=O)[O-])c1. The number of non-ortho nitro benzene ring substituents is 1. The van der Waals surface area contributed by atoms with Crippen molar-refractivity contribution in [2.24, 2.45) is 0 Å². The second-order valence-corrected chi connectivity index (χ2v) is 9.56. The quantitative estimate of drug-likeness (QED) is 0.221. The molecule has 0 saturated heterocycles. The molecule has 0 unspecified atom stereocenters. The van der Waals surface area contributed by atoms with Gasteiger partial charge in [0.2, 0.25) is 5.91 Å². The fourth-order valence-electron chi connectivity index (χ4n) is 3.66. The molecule has 0 spiro atoms. The van der Waals surface area contributed by atoms with Gasteiger partial charge in [0.25, 0.3) is 5.69 Å². The van der Waals surface area contributed by atoms with Gasteiger partial charge < -0.3 is 10.1 Å². The number of ether oxygens (including phenoxy) is 1. The van der Waals surface area contributed by atoms with Crippen molar-refractivity contribution in [2.75, 3.05) is 5.32 Å². The van der Waals surface area contributed by atoms with Gasteiger partial charge in [0, 0.05) is 29.5 Å². The van der Waals surface area contributed by atoms with E-state index >= 15 is 0 Å². The molecular formula is C23H19BrClF3N4O4. The molecule has 3 aromatic rings. The van der Waals surface area contributed by atoms with E-state index in [4.69, 9.17) is 16.3 Å². The van der Waals surface area contributed by atoms with E-state index in [2.05, 4.69) is 26.3 Å². The number of aryl methyl sites for hydroxylation is 2. The molecule has 36 heavy (non-hydrogen) atoms. The summed E-state index contributed by atoms with van der Waals surface area (Å²) in [6, 6.07) is 8.69. The first-order chi connectivity index (χ1) is 16.9. The highest BCUT2D eigenvalue weighted by Crippen LogP contribution is 2.47. The van der Waals surface area contributed by atoms with Crippen LogP contribution in [-0.2, 0) is 17.5 Å². The van der Waals surface area contributed by atoms with Crippen LogP contribution in [0.2, 0.25) is 5.02 Å². The van der Waals surface area contributed by atoms with Gasteiger partial charge in [0.15, 0.2) is 5.69 Å². The van der Waals surface area contributed by atoms with Crippen molar-refractivity contribution < 1.29 is 27.6 Å². The zero-order chi connectivity index (χ0) is 26.2. The van der Waals surface area contributed by atoms with Gasteiger partial charge in [0.05, 0.1) is 33.4 Å². The molecule has 1 amide bonds. The summed E-state index contributed by atoms with van der Waals surface area (Å²) in [5.41, 5.74) is -0.107. The van der Waals surface area contributed by atoms with E-state index in [1.807, 2.05) is 0 Å². The monoisotopic (exact) mass is 586 g/mol. The van der Waals surface area contributed by atoms with Gasteiger partial charge in [-0.1, -0.05) is 11.6 Å². The highest BCUT2D eigenvalue weighted by Gasteiger charge is 2.41. The molecule has 0 bridgehead atoms. The average molecular weight is 588 g/mol. The van der Waals surface area contributed by atoms with Crippen LogP contribution in [0.5, 0.6) is 11.5 Å². The number of aromatic nitrogens is 2. The molecule has 1 saturated carbocycles. The van der Waals surface area contributed by atoms with Crippen molar-refractivity contribution in [1.29, 1.82) is 0 Å². The lowest BCUT2D eigenvalue weighted by atomic mass is 10.2. The largest absolute Gasteiger partial charge is 0.457 e. The number of hydrogen-bond acceptors (Lipinski definition) is 5. The van der Waals surface area contributed by atoms with Crippen LogP contribution in [0.4, 0.5) is 24.5 Å². The van der Waals surface area contributed by atoms with Gasteiger partial charge >= 0.3 is 6.18 Å². The molecule has 190 valence electrons. The minimum absolute atomic E-state index is 0.0427. The Labute approximate surface area is 216 Å². The van der Waals surface area contributed by atoms with Gasteiger partial charge in [-0.15, -0.1) is 0 Å². The summed E-state index contributed by atoms with van der Waals surface area (Å²) in [5, 5.41) is 18.1. The topological polar surface area (TPSA) is 99.3 Å². The Hall–Kier alpha value is -3.12. The third-order valence-electron chi connectivity index (χ3n) is 5.47. The predicted molar refractivity (Wildman–Crippen MR) is 130 cm³/mol. The second kappa shape index (κ2) is 10.1. The summed E-state index contributed by atoms with van der Waals surface area (Å²) in [6.07, 6.45) is -3.33. The van der Waals surface area contributed by atoms with Crippen molar-refractivity contribution in [3.05, 3.63) is 73.0 Å². The number of nitrogens with zero attached hydrogens (tertiary/aromatic N) is 3. The number of carbonyl (C=O) groups is 1. The Morgan fingerprint density at radius 1 is 1.31 bits per heavy atom. The Balaban J connectivity index is 1.50. The number of carbonyl (C=O) groups excluding carboxylic acids is 1. The van der Waals surface area contributed by atoms with Crippen LogP contribution < -0.4 is 10.1 Å². The summed E-state index contributed by atoms with van der Waals surface area (Å²) in [5.74, 6) is -0.0498. The van der Waals surface area contributed by atoms with Crippen molar-refractivity contribution in [2.45, 2.75) is 44.8 Å². The molecule has 8 nitrogen and oxygen atoms in total. The van der Waals surface area contributed by atoms with Crippen LogP contribution >= 0.6 is 27.5 Å². The van der Waals surface area contributed by atoms with Crippen LogP contribution in [0.15, 0.2) is 40.9 Å². The van der Waals surface area contributed by atoms with Crippen LogP contribution in [-0.4, -0.2) is 20.6 Å². The zero-order valence-corrected chi connectivity index (χ0v) is 21.1. The van der Waals surface area contributed by atoms with Gasteiger partial charge in [-0.2, -0.15) is 18.3 Å². The van der Waals surface area contributed by atoms with Crippen molar-refractivity contribution >= 4 is 44.8 Å². The fourth-order valence-corrected chi connectivity index (χ4v) is 4.72. The number of alkyl halides is 3.